The van der Waals surface area contributed by atoms with Gasteiger partial charge in [-0.3, -0.25) is 4.79 Å². The standard InChI is InChI=1S/C18H19ClN4OS/c1-11-13-8-16(17(24)22-7-6-12(9-20)10-22)25-18(13)23(21-11)15-5-3-2-4-14(15)19/h2-5,8,12H,6-7,9-10,20H2,1H3. The average Bonchev–Trinajstić information content (AvgIpc) is 3.31. The second kappa shape index (κ2) is 6.44. The molecule has 25 heavy (non-hydrogen) atoms. The molecule has 1 aliphatic rings. The molecule has 1 amide bonds. The number of aryl methyl sites for hydroxylation is 1. The van der Waals surface area contributed by atoms with Gasteiger partial charge in [0.2, 0.25) is 0 Å². The summed E-state index contributed by atoms with van der Waals surface area (Å²) in [6.07, 6.45) is 0.986. The van der Waals surface area contributed by atoms with E-state index in [1.54, 1.807) is 0 Å². The van der Waals surface area contributed by atoms with Crippen molar-refractivity contribution in [3.05, 3.63) is 45.9 Å². The number of thiophene rings is 1. The van der Waals surface area contributed by atoms with Gasteiger partial charge in [0, 0.05) is 18.5 Å². The van der Waals surface area contributed by atoms with Crippen LogP contribution < -0.4 is 5.73 Å². The van der Waals surface area contributed by atoms with E-state index in [2.05, 4.69) is 5.10 Å². The number of hydrogen-bond acceptors (Lipinski definition) is 4. The highest BCUT2D eigenvalue weighted by Gasteiger charge is 2.28. The van der Waals surface area contributed by atoms with Gasteiger partial charge in [-0.05, 0) is 44.0 Å². The van der Waals surface area contributed by atoms with Crippen LogP contribution in [0, 0.1) is 12.8 Å². The van der Waals surface area contributed by atoms with Gasteiger partial charge in [-0.15, -0.1) is 11.3 Å². The molecule has 2 aromatic heterocycles. The van der Waals surface area contributed by atoms with E-state index in [1.807, 2.05) is 46.8 Å². The van der Waals surface area contributed by atoms with Gasteiger partial charge in [0.05, 0.1) is 21.3 Å². The topological polar surface area (TPSA) is 64.2 Å². The number of rotatable bonds is 3. The van der Waals surface area contributed by atoms with Crippen molar-refractivity contribution in [2.75, 3.05) is 19.6 Å². The van der Waals surface area contributed by atoms with Crippen molar-refractivity contribution in [3.63, 3.8) is 0 Å². The summed E-state index contributed by atoms with van der Waals surface area (Å²) in [7, 11) is 0. The van der Waals surface area contributed by atoms with Crippen LogP contribution in [0.2, 0.25) is 5.02 Å². The third-order valence-electron chi connectivity index (χ3n) is 4.74. The van der Waals surface area contributed by atoms with Crippen molar-refractivity contribution < 1.29 is 4.79 Å². The number of amides is 1. The maximum absolute atomic E-state index is 12.8. The smallest absolute Gasteiger partial charge is 0.264 e. The normalized spacial score (nSPS) is 17.6. The molecule has 0 aliphatic carbocycles. The Hall–Kier alpha value is -1.89. The predicted octanol–water partition coefficient (Wildman–Crippen LogP) is 3.47. The zero-order chi connectivity index (χ0) is 17.6. The molecule has 0 bridgehead atoms. The zero-order valence-corrected chi connectivity index (χ0v) is 15.5. The van der Waals surface area contributed by atoms with Crippen molar-refractivity contribution >= 4 is 39.1 Å². The van der Waals surface area contributed by atoms with Gasteiger partial charge in [-0.1, -0.05) is 23.7 Å². The number of nitrogens with zero attached hydrogens (tertiary/aromatic N) is 3. The molecule has 1 aliphatic heterocycles. The summed E-state index contributed by atoms with van der Waals surface area (Å²) in [4.78, 5) is 16.4. The minimum atomic E-state index is 0.0854. The summed E-state index contributed by atoms with van der Waals surface area (Å²) in [5.74, 6) is 0.501. The number of carbonyl (C=O) groups is 1. The molecule has 130 valence electrons. The van der Waals surface area contributed by atoms with Crippen LogP contribution in [0.3, 0.4) is 0 Å². The second-order valence-electron chi connectivity index (χ2n) is 6.42. The van der Waals surface area contributed by atoms with Crippen molar-refractivity contribution in [1.29, 1.82) is 0 Å². The lowest BCUT2D eigenvalue weighted by Gasteiger charge is -2.14. The quantitative estimate of drug-likeness (QED) is 0.763. The van der Waals surface area contributed by atoms with E-state index in [0.29, 0.717) is 17.5 Å². The van der Waals surface area contributed by atoms with E-state index in [9.17, 15) is 4.79 Å². The van der Waals surface area contributed by atoms with E-state index >= 15 is 0 Å². The Morgan fingerprint density at radius 2 is 2.24 bits per heavy atom. The third kappa shape index (κ3) is 2.84. The van der Waals surface area contributed by atoms with Crippen LogP contribution in [0.15, 0.2) is 30.3 Å². The fourth-order valence-electron chi connectivity index (χ4n) is 3.30. The molecular weight excluding hydrogens is 356 g/mol. The molecule has 1 atom stereocenters. The fourth-order valence-corrected chi connectivity index (χ4v) is 4.66. The molecule has 2 N–H and O–H groups in total. The summed E-state index contributed by atoms with van der Waals surface area (Å²) in [5, 5.41) is 6.25. The van der Waals surface area contributed by atoms with Crippen molar-refractivity contribution in [2.45, 2.75) is 13.3 Å². The van der Waals surface area contributed by atoms with E-state index in [4.69, 9.17) is 17.3 Å². The van der Waals surface area contributed by atoms with Crippen LogP contribution in [-0.4, -0.2) is 40.2 Å². The number of aromatic nitrogens is 2. The Labute approximate surface area is 155 Å². The molecule has 0 spiro atoms. The highest BCUT2D eigenvalue weighted by Crippen LogP contribution is 2.33. The van der Waals surface area contributed by atoms with Crippen LogP contribution in [0.1, 0.15) is 21.8 Å². The Morgan fingerprint density at radius 3 is 2.96 bits per heavy atom. The maximum Gasteiger partial charge on any atom is 0.264 e. The first-order valence-corrected chi connectivity index (χ1v) is 9.51. The summed E-state index contributed by atoms with van der Waals surface area (Å²) in [6, 6.07) is 9.55. The summed E-state index contributed by atoms with van der Waals surface area (Å²) >= 11 is 7.80. The minimum absolute atomic E-state index is 0.0854. The van der Waals surface area contributed by atoms with Gasteiger partial charge >= 0.3 is 0 Å². The maximum atomic E-state index is 12.8. The summed E-state index contributed by atoms with van der Waals surface area (Å²) < 4.78 is 1.83. The van der Waals surface area contributed by atoms with Crippen LogP contribution in [0.5, 0.6) is 0 Å². The lowest BCUT2D eigenvalue weighted by Crippen LogP contribution is -2.29. The number of fused-ring (bicyclic) bond motifs is 1. The summed E-state index contributed by atoms with van der Waals surface area (Å²) in [6.45, 7) is 4.12. The first-order chi connectivity index (χ1) is 12.1. The van der Waals surface area contributed by atoms with Crippen molar-refractivity contribution in [2.24, 2.45) is 11.7 Å². The van der Waals surface area contributed by atoms with Crippen molar-refractivity contribution in [3.8, 4) is 5.69 Å². The van der Waals surface area contributed by atoms with E-state index in [-0.39, 0.29) is 5.91 Å². The molecule has 0 radical (unpaired) electrons. The van der Waals surface area contributed by atoms with Gasteiger partial charge in [0.25, 0.3) is 5.91 Å². The monoisotopic (exact) mass is 374 g/mol. The molecule has 5 nitrogen and oxygen atoms in total. The Bertz CT molecular complexity index is 948. The average molecular weight is 375 g/mol. The van der Waals surface area contributed by atoms with E-state index in [1.165, 1.54) is 11.3 Å². The Balaban J connectivity index is 1.73. The molecule has 4 rings (SSSR count). The Kier molecular flexibility index (Phi) is 4.27. The molecule has 1 unspecified atom stereocenters. The molecule has 3 heterocycles. The lowest BCUT2D eigenvalue weighted by molar-refractivity contribution is 0.0792. The highest BCUT2D eigenvalue weighted by molar-refractivity contribution is 7.20. The number of halogens is 1. The van der Waals surface area contributed by atoms with Crippen LogP contribution in [-0.2, 0) is 0 Å². The molecular formula is C18H19ClN4OS. The molecule has 7 heteroatoms. The summed E-state index contributed by atoms with van der Waals surface area (Å²) in [5.41, 5.74) is 7.46. The zero-order valence-electron chi connectivity index (χ0n) is 13.9. The van der Waals surface area contributed by atoms with Crippen molar-refractivity contribution in [1.82, 2.24) is 14.7 Å². The van der Waals surface area contributed by atoms with Crippen LogP contribution in [0.25, 0.3) is 15.9 Å². The number of hydrogen-bond donors (Lipinski definition) is 1. The molecule has 1 fully saturated rings. The van der Waals surface area contributed by atoms with Gasteiger partial charge in [0.1, 0.15) is 4.83 Å². The van der Waals surface area contributed by atoms with Crippen LogP contribution in [0.4, 0.5) is 0 Å². The van der Waals surface area contributed by atoms with Gasteiger partial charge in [-0.2, -0.15) is 5.10 Å². The first kappa shape index (κ1) is 16.6. The minimum Gasteiger partial charge on any atom is -0.338 e. The number of carbonyl (C=O) groups excluding carboxylic acids is 1. The first-order valence-electron chi connectivity index (χ1n) is 8.32. The molecule has 3 aromatic rings. The molecule has 0 saturated carbocycles. The van der Waals surface area contributed by atoms with E-state index in [0.717, 1.165) is 46.0 Å². The number of likely N-dealkylation sites (tertiary alicyclic amines) is 1. The van der Waals surface area contributed by atoms with Gasteiger partial charge in [-0.25, -0.2) is 4.68 Å². The van der Waals surface area contributed by atoms with Gasteiger partial charge < -0.3 is 10.6 Å². The van der Waals surface area contributed by atoms with Gasteiger partial charge in [0.15, 0.2) is 0 Å². The number of nitrogens with two attached hydrogens (primary N) is 1. The SMILES string of the molecule is Cc1nn(-c2ccccc2Cl)c2sc(C(=O)N3CCC(CN)C3)cc12. The third-order valence-corrected chi connectivity index (χ3v) is 6.16. The number of para-hydroxylation sites is 1. The molecule has 1 saturated heterocycles. The largest absolute Gasteiger partial charge is 0.338 e. The Morgan fingerprint density at radius 1 is 1.44 bits per heavy atom. The highest BCUT2D eigenvalue weighted by atomic mass is 35.5. The molecule has 1 aromatic carbocycles. The van der Waals surface area contributed by atoms with Crippen LogP contribution >= 0.6 is 22.9 Å². The lowest BCUT2D eigenvalue weighted by atomic mass is 10.1. The van der Waals surface area contributed by atoms with E-state index < -0.39 is 0 Å². The number of benzene rings is 1. The second-order valence-corrected chi connectivity index (χ2v) is 7.86. The predicted molar refractivity (Wildman–Crippen MR) is 102 cm³/mol. The fraction of sp³-hybridized carbons (Fsp3) is 0.333.